The molecule has 0 saturated carbocycles. The van der Waals surface area contributed by atoms with Crippen LogP contribution < -0.4 is 10.9 Å². The average molecular weight is 552 g/mol. The van der Waals surface area contributed by atoms with Crippen LogP contribution in [-0.2, 0) is 19.4 Å². The molecule has 2 amide bonds. The minimum atomic E-state index is -3.35. The van der Waals surface area contributed by atoms with E-state index in [0.29, 0.717) is 10.9 Å². The van der Waals surface area contributed by atoms with Gasteiger partial charge in [-0.2, -0.15) is 5.26 Å². The van der Waals surface area contributed by atoms with Crippen molar-refractivity contribution in [3.8, 4) is 6.07 Å². The van der Waals surface area contributed by atoms with E-state index in [1.54, 1.807) is 24.3 Å². The van der Waals surface area contributed by atoms with Crippen LogP contribution in [0.5, 0.6) is 0 Å². The van der Waals surface area contributed by atoms with Gasteiger partial charge in [0.05, 0.1) is 28.5 Å². The highest BCUT2D eigenvalue weighted by molar-refractivity contribution is 7.91. The molecule has 1 aromatic heterocycles. The number of imide groups is 1. The third-order valence-corrected chi connectivity index (χ3v) is 8.34. The fraction of sp³-hybridized carbons (Fsp3) is 0.160. The van der Waals surface area contributed by atoms with Crippen LogP contribution in [0.3, 0.4) is 0 Å². The number of aliphatic hydroxyl groups excluding tert-OH is 1. The summed E-state index contributed by atoms with van der Waals surface area (Å²) < 4.78 is 23.7. The number of allylic oxidation sites excluding steroid dienone is 1. The maximum atomic E-state index is 13.0. The number of carbonyl (C=O) groups is 2. The van der Waals surface area contributed by atoms with Gasteiger partial charge < -0.3 is 15.4 Å². The molecule has 0 aliphatic carbocycles. The van der Waals surface area contributed by atoms with Gasteiger partial charge in [0.25, 0.3) is 17.4 Å². The fourth-order valence-corrected chi connectivity index (χ4v) is 6.31. The molecule has 2 aromatic carbocycles. The zero-order valence-corrected chi connectivity index (χ0v) is 21.0. The van der Waals surface area contributed by atoms with Crippen molar-refractivity contribution in [1.82, 2.24) is 14.9 Å². The van der Waals surface area contributed by atoms with Gasteiger partial charge in [0.1, 0.15) is 28.1 Å². The maximum Gasteiger partial charge on any atom is 0.279 e. The van der Waals surface area contributed by atoms with Crippen LogP contribution >= 0.6 is 11.6 Å². The van der Waals surface area contributed by atoms with Crippen LogP contribution in [0.2, 0.25) is 0 Å². The molecule has 1 unspecified atom stereocenters. The normalized spacial score (nSPS) is 19.6. The van der Waals surface area contributed by atoms with E-state index in [9.17, 15) is 33.2 Å². The van der Waals surface area contributed by atoms with Gasteiger partial charge in [-0.15, -0.1) is 0 Å². The second-order valence-corrected chi connectivity index (χ2v) is 11.3. The number of aliphatic hydroxyl groups is 1. The number of nitriles is 1. The Hall–Kier alpha value is -4.47. The number of H-pyrrole nitrogens is 1. The van der Waals surface area contributed by atoms with Crippen LogP contribution in [0.1, 0.15) is 17.8 Å². The third-order valence-electron chi connectivity index (χ3n) is 6.24. The zero-order chi connectivity index (χ0) is 27.2. The number of para-hydroxylation sites is 1. The van der Waals surface area contributed by atoms with Crippen molar-refractivity contribution in [3.63, 3.8) is 0 Å². The molecule has 3 aromatic rings. The van der Waals surface area contributed by atoms with Gasteiger partial charge >= 0.3 is 0 Å². The second kappa shape index (κ2) is 9.44. The Kier molecular flexibility index (Phi) is 6.26. The number of nitrogens with one attached hydrogen (secondary N) is 2. The molecule has 1 fully saturated rings. The zero-order valence-electron chi connectivity index (χ0n) is 19.4. The van der Waals surface area contributed by atoms with Gasteiger partial charge in [-0.1, -0.05) is 35.9 Å². The van der Waals surface area contributed by atoms with Crippen LogP contribution in [0, 0.1) is 11.3 Å². The number of hydrogen-bond acceptors (Lipinski definition) is 9. The summed E-state index contributed by atoms with van der Waals surface area (Å²) in [4.78, 5) is 45.7. The number of aromatic nitrogens is 2. The number of anilines is 1. The summed E-state index contributed by atoms with van der Waals surface area (Å²) in [7, 11) is -3.35. The number of benzene rings is 2. The molecule has 3 heterocycles. The van der Waals surface area contributed by atoms with Crippen molar-refractivity contribution in [2.45, 2.75) is 12.5 Å². The Morgan fingerprint density at radius 3 is 2.63 bits per heavy atom. The first-order chi connectivity index (χ1) is 18.1. The Morgan fingerprint density at radius 1 is 1.16 bits per heavy atom. The van der Waals surface area contributed by atoms with E-state index in [4.69, 9.17) is 11.6 Å². The molecule has 2 aliphatic rings. The Labute approximate surface area is 220 Å². The summed E-state index contributed by atoms with van der Waals surface area (Å²) >= 11 is 6.15. The van der Waals surface area contributed by atoms with Gasteiger partial charge in [-0.3, -0.25) is 19.3 Å². The van der Waals surface area contributed by atoms with E-state index in [0.717, 1.165) is 4.90 Å². The van der Waals surface area contributed by atoms with Crippen molar-refractivity contribution in [2.75, 3.05) is 16.8 Å². The first-order valence-corrected chi connectivity index (χ1v) is 13.5. The number of sulfone groups is 1. The Morgan fingerprint density at radius 2 is 1.92 bits per heavy atom. The standard InChI is InChI=1S/C25H18ClN5O6S/c26-19-20(25(35)31(24(19)34)15-8-9-38(36,37)12-15)28-14-5-3-4-13(10-14)21(32)17(11-27)22-29-18-7-2-1-6-16(18)23(33)30-22/h1-7,10,15,28,32H,8-9,12H2,(H,29,30,33)/b21-17-. The summed E-state index contributed by atoms with van der Waals surface area (Å²) in [6, 6.07) is 13.6. The van der Waals surface area contributed by atoms with Crippen molar-refractivity contribution < 1.29 is 23.1 Å². The molecule has 38 heavy (non-hydrogen) atoms. The van der Waals surface area contributed by atoms with Gasteiger partial charge in [-0.25, -0.2) is 13.4 Å². The predicted octanol–water partition coefficient (Wildman–Crippen LogP) is 2.29. The molecule has 2 aliphatic heterocycles. The van der Waals surface area contributed by atoms with E-state index >= 15 is 0 Å². The Bertz CT molecular complexity index is 1800. The number of rotatable bonds is 5. The summed E-state index contributed by atoms with van der Waals surface area (Å²) in [5, 5.41) is 23.3. The maximum absolute atomic E-state index is 13.0. The lowest BCUT2D eigenvalue weighted by Gasteiger charge is -2.21. The minimum Gasteiger partial charge on any atom is -0.506 e. The number of aromatic amines is 1. The summed E-state index contributed by atoms with van der Waals surface area (Å²) in [6.07, 6.45) is 0.132. The number of carbonyl (C=O) groups excluding carboxylic acids is 2. The van der Waals surface area contributed by atoms with Crippen LogP contribution in [0.4, 0.5) is 5.69 Å². The van der Waals surface area contributed by atoms with E-state index in [-0.39, 0.29) is 51.3 Å². The Balaban J connectivity index is 1.46. The number of fused-ring (bicyclic) bond motifs is 1. The quantitative estimate of drug-likeness (QED) is 0.244. The molecule has 11 nitrogen and oxygen atoms in total. The van der Waals surface area contributed by atoms with Crippen molar-refractivity contribution in [2.24, 2.45) is 0 Å². The van der Waals surface area contributed by atoms with Crippen LogP contribution in [0.25, 0.3) is 22.2 Å². The smallest absolute Gasteiger partial charge is 0.279 e. The first-order valence-electron chi connectivity index (χ1n) is 11.3. The monoisotopic (exact) mass is 551 g/mol. The highest BCUT2D eigenvalue weighted by Gasteiger charge is 2.45. The molecule has 1 saturated heterocycles. The molecule has 0 radical (unpaired) electrons. The summed E-state index contributed by atoms with van der Waals surface area (Å²) in [5.41, 5.74) is -0.262. The van der Waals surface area contributed by atoms with E-state index < -0.39 is 39.0 Å². The molecular weight excluding hydrogens is 534 g/mol. The largest absolute Gasteiger partial charge is 0.506 e. The molecule has 5 rings (SSSR count). The van der Waals surface area contributed by atoms with Crippen molar-refractivity contribution in [1.29, 1.82) is 5.26 Å². The molecular formula is C25H18ClN5O6S. The SMILES string of the molecule is N#C/C(=C(/O)c1cccc(NC2=C(Cl)C(=O)N(C3CCS(=O)(=O)C3)C2=O)c1)c1nc2ccccc2c(=O)[nH]1. The molecule has 0 spiro atoms. The van der Waals surface area contributed by atoms with Gasteiger partial charge in [0.2, 0.25) is 0 Å². The molecule has 1 atom stereocenters. The highest BCUT2D eigenvalue weighted by atomic mass is 35.5. The van der Waals surface area contributed by atoms with Gasteiger partial charge in [-0.05, 0) is 30.7 Å². The molecule has 0 bridgehead atoms. The molecule has 3 N–H and O–H groups in total. The summed E-state index contributed by atoms with van der Waals surface area (Å²) in [6.45, 7) is 0. The lowest BCUT2D eigenvalue weighted by molar-refractivity contribution is -0.139. The van der Waals surface area contributed by atoms with Crippen molar-refractivity contribution >= 4 is 61.2 Å². The van der Waals surface area contributed by atoms with Gasteiger partial charge in [0.15, 0.2) is 15.7 Å². The number of nitrogens with zero attached hydrogens (tertiary/aromatic N) is 3. The third kappa shape index (κ3) is 4.42. The number of hydrogen-bond donors (Lipinski definition) is 3. The lowest BCUT2D eigenvalue weighted by Crippen LogP contribution is -2.42. The highest BCUT2D eigenvalue weighted by Crippen LogP contribution is 2.31. The van der Waals surface area contributed by atoms with Crippen LogP contribution in [-0.4, -0.2) is 57.8 Å². The number of halogens is 1. The number of amides is 2. The average Bonchev–Trinajstić information content (AvgIpc) is 3.35. The summed E-state index contributed by atoms with van der Waals surface area (Å²) in [5.74, 6) is -2.61. The fourth-order valence-electron chi connectivity index (χ4n) is 4.39. The molecule has 192 valence electrons. The molecule has 13 heteroatoms. The van der Waals surface area contributed by atoms with Crippen LogP contribution in [0.15, 0.2) is 64.1 Å². The van der Waals surface area contributed by atoms with E-state index in [1.807, 2.05) is 6.07 Å². The minimum absolute atomic E-state index is 0.124. The first kappa shape index (κ1) is 25.2. The van der Waals surface area contributed by atoms with Crippen molar-refractivity contribution in [3.05, 3.63) is 81.0 Å². The second-order valence-electron chi connectivity index (χ2n) is 8.70. The van der Waals surface area contributed by atoms with Gasteiger partial charge in [0, 0.05) is 11.3 Å². The van der Waals surface area contributed by atoms with E-state index in [1.165, 1.54) is 24.3 Å². The van der Waals surface area contributed by atoms with E-state index in [2.05, 4.69) is 15.3 Å². The lowest BCUT2D eigenvalue weighted by atomic mass is 10.1. The predicted molar refractivity (Wildman–Crippen MR) is 139 cm³/mol. The topological polar surface area (TPSA) is 173 Å².